The van der Waals surface area contributed by atoms with Crippen LogP contribution in [0.25, 0.3) is 10.2 Å². The van der Waals surface area contributed by atoms with Crippen molar-refractivity contribution < 1.29 is 9.84 Å². The monoisotopic (exact) mass is 213 g/mol. The lowest BCUT2D eigenvalue weighted by Gasteiger charge is -2.00. The van der Waals surface area contributed by atoms with Crippen molar-refractivity contribution in [2.24, 2.45) is 0 Å². The smallest absolute Gasteiger partial charge is 0.149 e. The summed E-state index contributed by atoms with van der Waals surface area (Å²) >= 11 is 5.54. The molecule has 0 saturated heterocycles. The molecule has 0 radical (unpaired) electrons. The van der Waals surface area contributed by atoms with Crippen molar-refractivity contribution in [2.45, 2.75) is 4.34 Å². The van der Waals surface area contributed by atoms with E-state index in [1.165, 1.54) is 17.4 Å². The van der Waals surface area contributed by atoms with Crippen molar-refractivity contribution in [1.29, 1.82) is 0 Å². The van der Waals surface area contributed by atoms with Crippen LogP contribution in [-0.2, 0) is 0 Å². The SMILES string of the molecule is COc1cc(O)cc2sc(S)nc12. The largest absolute Gasteiger partial charge is 0.508 e. The van der Waals surface area contributed by atoms with Gasteiger partial charge in [-0.25, -0.2) is 4.98 Å². The Morgan fingerprint density at radius 3 is 3.00 bits per heavy atom. The van der Waals surface area contributed by atoms with Gasteiger partial charge in [-0.15, -0.1) is 24.0 Å². The van der Waals surface area contributed by atoms with E-state index >= 15 is 0 Å². The molecule has 0 atom stereocenters. The molecule has 2 rings (SSSR count). The number of hydrogen-bond donors (Lipinski definition) is 2. The van der Waals surface area contributed by atoms with Gasteiger partial charge in [0, 0.05) is 6.07 Å². The quantitative estimate of drug-likeness (QED) is 0.714. The Labute approximate surface area is 84.4 Å². The number of phenolic OH excluding ortho intramolecular Hbond substituents is 1. The van der Waals surface area contributed by atoms with Gasteiger partial charge in [-0.1, -0.05) is 0 Å². The van der Waals surface area contributed by atoms with Crippen molar-refractivity contribution in [1.82, 2.24) is 4.98 Å². The molecular formula is C8H7NO2S2. The number of fused-ring (bicyclic) bond motifs is 1. The minimum atomic E-state index is 0.182. The molecule has 0 aliphatic rings. The van der Waals surface area contributed by atoms with Crippen LogP contribution in [0.2, 0.25) is 0 Å². The topological polar surface area (TPSA) is 42.4 Å². The van der Waals surface area contributed by atoms with Crippen LogP contribution in [0.3, 0.4) is 0 Å². The zero-order chi connectivity index (χ0) is 9.42. The summed E-state index contributed by atoms with van der Waals surface area (Å²) in [5.74, 6) is 0.757. The number of hydrogen-bond acceptors (Lipinski definition) is 5. The highest BCUT2D eigenvalue weighted by atomic mass is 32.2. The summed E-state index contributed by atoms with van der Waals surface area (Å²) in [5, 5.41) is 9.33. The molecule has 0 spiro atoms. The Morgan fingerprint density at radius 1 is 1.54 bits per heavy atom. The van der Waals surface area contributed by atoms with E-state index < -0.39 is 0 Å². The second kappa shape index (κ2) is 3.08. The van der Waals surface area contributed by atoms with Crippen LogP contribution >= 0.6 is 24.0 Å². The summed E-state index contributed by atoms with van der Waals surface area (Å²) in [6.45, 7) is 0. The van der Waals surface area contributed by atoms with Crippen LogP contribution in [0.15, 0.2) is 16.5 Å². The Morgan fingerprint density at radius 2 is 2.31 bits per heavy atom. The summed E-state index contributed by atoms with van der Waals surface area (Å²) in [7, 11) is 1.55. The number of thiazole rings is 1. The lowest BCUT2D eigenvalue weighted by Crippen LogP contribution is -1.83. The van der Waals surface area contributed by atoms with Gasteiger partial charge >= 0.3 is 0 Å². The number of thiol groups is 1. The third-order valence-electron chi connectivity index (χ3n) is 1.65. The number of nitrogens with zero attached hydrogens (tertiary/aromatic N) is 1. The zero-order valence-electron chi connectivity index (χ0n) is 6.81. The Kier molecular flexibility index (Phi) is 2.05. The molecule has 1 aromatic heterocycles. The first-order valence-electron chi connectivity index (χ1n) is 3.57. The van der Waals surface area contributed by atoms with Crippen molar-refractivity contribution in [3.8, 4) is 11.5 Å². The number of rotatable bonds is 1. The van der Waals surface area contributed by atoms with Crippen molar-refractivity contribution >= 4 is 34.2 Å². The molecular weight excluding hydrogens is 206 g/mol. The maximum absolute atomic E-state index is 9.33. The van der Waals surface area contributed by atoms with Crippen molar-refractivity contribution in [3.63, 3.8) is 0 Å². The number of aromatic hydroxyl groups is 1. The van der Waals surface area contributed by atoms with Gasteiger partial charge in [0.15, 0.2) is 0 Å². The van der Waals surface area contributed by atoms with Crippen LogP contribution in [0.4, 0.5) is 0 Å². The Hall–Kier alpha value is -0.940. The molecule has 1 heterocycles. The average Bonchev–Trinajstić information content (AvgIpc) is 2.43. The average molecular weight is 213 g/mol. The maximum atomic E-state index is 9.33. The van der Waals surface area contributed by atoms with Crippen LogP contribution in [0, 0.1) is 0 Å². The van der Waals surface area contributed by atoms with Crippen LogP contribution < -0.4 is 4.74 Å². The van der Waals surface area contributed by atoms with Crippen LogP contribution in [0.5, 0.6) is 11.5 Å². The lowest BCUT2D eigenvalue weighted by molar-refractivity contribution is 0.412. The van der Waals surface area contributed by atoms with Gasteiger partial charge in [0.2, 0.25) is 0 Å². The molecule has 2 aromatic rings. The number of ether oxygens (including phenoxy) is 1. The third kappa shape index (κ3) is 1.45. The van der Waals surface area contributed by atoms with E-state index in [1.54, 1.807) is 13.2 Å². The molecule has 13 heavy (non-hydrogen) atoms. The molecule has 5 heteroatoms. The first-order valence-corrected chi connectivity index (χ1v) is 4.83. The van der Waals surface area contributed by atoms with Gasteiger partial charge in [-0.2, -0.15) is 0 Å². The van der Waals surface area contributed by atoms with E-state index in [0.29, 0.717) is 10.1 Å². The fraction of sp³-hybridized carbons (Fsp3) is 0.125. The van der Waals surface area contributed by atoms with E-state index in [4.69, 9.17) is 4.74 Å². The normalized spacial score (nSPS) is 10.6. The summed E-state index contributed by atoms with van der Waals surface area (Å²) < 4.78 is 6.61. The molecule has 0 amide bonds. The van der Waals surface area contributed by atoms with Gasteiger partial charge in [0.25, 0.3) is 0 Å². The van der Waals surface area contributed by atoms with Crippen molar-refractivity contribution in [3.05, 3.63) is 12.1 Å². The van der Waals surface area contributed by atoms with Crippen molar-refractivity contribution in [2.75, 3.05) is 7.11 Å². The molecule has 0 bridgehead atoms. The van der Waals surface area contributed by atoms with Gasteiger partial charge in [-0.05, 0) is 6.07 Å². The number of methoxy groups -OCH3 is 1. The van der Waals surface area contributed by atoms with E-state index in [0.717, 1.165) is 10.2 Å². The molecule has 1 N–H and O–H groups in total. The summed E-state index contributed by atoms with van der Waals surface area (Å²) in [6, 6.07) is 3.19. The summed E-state index contributed by atoms with van der Waals surface area (Å²) in [5.41, 5.74) is 0.746. The van der Waals surface area contributed by atoms with Gasteiger partial charge < -0.3 is 9.84 Å². The highest BCUT2D eigenvalue weighted by molar-refractivity contribution is 7.82. The first kappa shape index (κ1) is 8.65. The molecule has 3 nitrogen and oxygen atoms in total. The minimum Gasteiger partial charge on any atom is -0.508 e. The van der Waals surface area contributed by atoms with Crippen LogP contribution in [0.1, 0.15) is 0 Å². The predicted molar refractivity (Wildman–Crippen MR) is 55.1 cm³/mol. The fourth-order valence-corrected chi connectivity index (χ4v) is 2.28. The molecule has 0 saturated carbocycles. The van der Waals surface area contributed by atoms with E-state index in [9.17, 15) is 5.11 Å². The zero-order valence-corrected chi connectivity index (χ0v) is 8.52. The molecule has 0 unspecified atom stereocenters. The molecule has 0 aliphatic carbocycles. The van der Waals surface area contributed by atoms with Gasteiger partial charge in [-0.3, -0.25) is 0 Å². The second-order valence-corrected chi connectivity index (χ2v) is 4.25. The first-order chi connectivity index (χ1) is 6.20. The summed E-state index contributed by atoms with van der Waals surface area (Å²) in [6.07, 6.45) is 0. The second-order valence-electron chi connectivity index (χ2n) is 2.49. The standard InChI is InChI=1S/C8H7NO2S2/c1-11-5-2-4(10)3-6-7(5)9-8(12)13-6/h2-3,10H,1H3,(H,9,12). The number of aromatic nitrogens is 1. The van der Waals surface area contributed by atoms with Gasteiger partial charge in [0.1, 0.15) is 21.4 Å². The molecule has 0 fully saturated rings. The molecule has 1 aromatic carbocycles. The molecule has 0 aliphatic heterocycles. The van der Waals surface area contributed by atoms with Gasteiger partial charge in [0.05, 0.1) is 11.8 Å². The number of phenols is 1. The lowest BCUT2D eigenvalue weighted by atomic mass is 10.3. The maximum Gasteiger partial charge on any atom is 0.149 e. The third-order valence-corrected chi connectivity index (χ3v) is 2.83. The predicted octanol–water partition coefficient (Wildman–Crippen LogP) is 2.30. The van der Waals surface area contributed by atoms with E-state index in [-0.39, 0.29) is 5.75 Å². The Bertz CT molecular complexity index is 453. The highest BCUT2D eigenvalue weighted by Crippen LogP contribution is 2.34. The highest BCUT2D eigenvalue weighted by Gasteiger charge is 2.08. The fourth-order valence-electron chi connectivity index (χ4n) is 1.13. The van der Waals surface area contributed by atoms with E-state index in [1.807, 2.05) is 0 Å². The summed E-state index contributed by atoms with van der Waals surface area (Å²) in [4.78, 5) is 4.17. The molecule has 68 valence electrons. The van der Waals surface area contributed by atoms with Crippen LogP contribution in [-0.4, -0.2) is 17.2 Å². The number of benzene rings is 1. The Balaban J connectivity index is 2.80. The minimum absolute atomic E-state index is 0.182. The van der Waals surface area contributed by atoms with E-state index in [2.05, 4.69) is 17.6 Å².